The molecule has 0 aliphatic carbocycles. The van der Waals surface area contributed by atoms with Gasteiger partial charge in [0, 0.05) is 18.6 Å². The Morgan fingerprint density at radius 3 is 2.09 bits per heavy atom. The number of nitrogens with zero attached hydrogens (tertiary/aromatic N) is 3. The molecule has 5 aromatic heterocycles. The number of rotatable bonds is 13. The molecule has 1 aromatic carbocycles. The fourth-order valence-corrected chi connectivity index (χ4v) is 4.29. The van der Waals surface area contributed by atoms with Crippen molar-refractivity contribution in [2.45, 2.75) is 32.4 Å². The highest BCUT2D eigenvalue weighted by molar-refractivity contribution is 5.63. The Balaban J connectivity index is 0.966. The molecule has 0 saturated heterocycles. The number of hydrogen-bond donors (Lipinski definition) is 1. The van der Waals surface area contributed by atoms with Crippen molar-refractivity contribution in [2.75, 3.05) is 0 Å². The van der Waals surface area contributed by atoms with Crippen LogP contribution < -0.4 is 10.5 Å². The fourth-order valence-electron chi connectivity index (χ4n) is 4.29. The highest BCUT2D eigenvalue weighted by atomic mass is 16.5. The van der Waals surface area contributed by atoms with Gasteiger partial charge in [0.15, 0.2) is 5.76 Å². The van der Waals surface area contributed by atoms with Crippen molar-refractivity contribution in [1.82, 2.24) is 14.5 Å². The van der Waals surface area contributed by atoms with E-state index in [1.54, 1.807) is 55.2 Å². The SMILES string of the molecule is O=c1oc(CCCc2ccc(OCc3coc(C=Cc4ccco4)n3)cc2)c(O)n1Cc1coc(C=Cc2ccco2)n1. The zero-order valence-corrected chi connectivity index (χ0v) is 22.9. The molecular weight excluding hydrogens is 554 g/mol. The predicted molar refractivity (Wildman–Crippen MR) is 155 cm³/mol. The Kier molecular flexibility index (Phi) is 8.21. The van der Waals surface area contributed by atoms with Crippen molar-refractivity contribution < 1.29 is 31.9 Å². The van der Waals surface area contributed by atoms with Gasteiger partial charge in [0.25, 0.3) is 0 Å². The lowest BCUT2D eigenvalue weighted by Crippen LogP contribution is -2.14. The minimum Gasteiger partial charge on any atom is -0.492 e. The molecule has 6 rings (SSSR count). The molecule has 43 heavy (non-hydrogen) atoms. The summed E-state index contributed by atoms with van der Waals surface area (Å²) in [6.45, 7) is 0.287. The number of benzene rings is 1. The van der Waals surface area contributed by atoms with Crippen LogP contribution in [0.4, 0.5) is 0 Å². The van der Waals surface area contributed by atoms with Crippen LogP contribution in [0.1, 0.15) is 52.4 Å². The van der Waals surface area contributed by atoms with Crippen LogP contribution in [0, 0.1) is 0 Å². The second-order valence-electron chi connectivity index (χ2n) is 9.54. The van der Waals surface area contributed by atoms with E-state index in [1.807, 2.05) is 36.4 Å². The molecule has 0 saturated carbocycles. The largest absolute Gasteiger partial charge is 0.492 e. The van der Waals surface area contributed by atoms with Gasteiger partial charge in [-0.05, 0) is 67.0 Å². The minimum absolute atomic E-state index is 0.0189. The van der Waals surface area contributed by atoms with E-state index < -0.39 is 5.76 Å². The third-order valence-electron chi connectivity index (χ3n) is 6.44. The maximum atomic E-state index is 12.4. The lowest BCUT2D eigenvalue weighted by atomic mass is 10.1. The average Bonchev–Trinajstić information content (AvgIpc) is 3.86. The zero-order valence-electron chi connectivity index (χ0n) is 22.9. The van der Waals surface area contributed by atoms with Gasteiger partial charge in [-0.1, -0.05) is 12.1 Å². The fraction of sp³-hybridized carbons (Fsp3) is 0.156. The van der Waals surface area contributed by atoms with Gasteiger partial charge >= 0.3 is 5.76 Å². The molecule has 0 unspecified atom stereocenters. The number of aryl methyl sites for hydroxylation is 2. The second kappa shape index (κ2) is 12.9. The van der Waals surface area contributed by atoms with Crippen LogP contribution >= 0.6 is 0 Å². The molecule has 1 N–H and O–H groups in total. The van der Waals surface area contributed by atoms with Crippen molar-refractivity contribution in [2.24, 2.45) is 0 Å². The molecule has 0 amide bonds. The van der Waals surface area contributed by atoms with E-state index >= 15 is 0 Å². The van der Waals surface area contributed by atoms with E-state index in [2.05, 4.69) is 9.97 Å². The summed E-state index contributed by atoms with van der Waals surface area (Å²) >= 11 is 0. The summed E-state index contributed by atoms with van der Waals surface area (Å²) in [6.07, 6.45) is 14.8. The number of hydrogen-bond acceptors (Lipinski definition) is 10. The Hall–Kier alpha value is -5.71. The van der Waals surface area contributed by atoms with Gasteiger partial charge in [0.2, 0.25) is 17.7 Å². The van der Waals surface area contributed by atoms with Crippen molar-refractivity contribution in [1.29, 1.82) is 0 Å². The molecule has 11 heteroatoms. The van der Waals surface area contributed by atoms with E-state index in [0.717, 1.165) is 16.6 Å². The van der Waals surface area contributed by atoms with Gasteiger partial charge in [-0.15, -0.1) is 0 Å². The molecule has 0 fully saturated rings. The summed E-state index contributed by atoms with van der Waals surface area (Å²) in [4.78, 5) is 21.1. The molecule has 0 bridgehead atoms. The number of furan rings is 2. The Bertz CT molecular complexity index is 1850. The van der Waals surface area contributed by atoms with Gasteiger partial charge in [0.05, 0.1) is 24.8 Å². The quantitative estimate of drug-likeness (QED) is 0.162. The van der Waals surface area contributed by atoms with Crippen LogP contribution in [-0.4, -0.2) is 19.6 Å². The first-order chi connectivity index (χ1) is 21.1. The van der Waals surface area contributed by atoms with Crippen molar-refractivity contribution in [3.63, 3.8) is 0 Å². The molecule has 6 aromatic rings. The molecular formula is C32H27N3O8. The van der Waals surface area contributed by atoms with E-state index in [9.17, 15) is 9.90 Å². The first-order valence-corrected chi connectivity index (χ1v) is 13.5. The predicted octanol–water partition coefficient (Wildman–Crippen LogP) is 6.45. The third kappa shape index (κ3) is 7.14. The first kappa shape index (κ1) is 27.5. The molecule has 218 valence electrons. The number of aromatic nitrogens is 3. The molecule has 5 heterocycles. The third-order valence-corrected chi connectivity index (χ3v) is 6.44. The van der Waals surface area contributed by atoms with Gasteiger partial charge in [-0.3, -0.25) is 0 Å². The van der Waals surface area contributed by atoms with Crippen LogP contribution in [0.2, 0.25) is 0 Å². The normalized spacial score (nSPS) is 11.7. The van der Waals surface area contributed by atoms with E-state index in [4.69, 9.17) is 26.8 Å². The number of ether oxygens (including phenoxy) is 1. The summed E-state index contributed by atoms with van der Waals surface area (Å²) in [7, 11) is 0. The zero-order chi connectivity index (χ0) is 29.4. The van der Waals surface area contributed by atoms with Gasteiger partial charge < -0.3 is 31.9 Å². The molecule has 0 radical (unpaired) electrons. The summed E-state index contributed by atoms with van der Waals surface area (Å²) < 4.78 is 33.6. The Labute approximate surface area is 245 Å². The van der Waals surface area contributed by atoms with Gasteiger partial charge in [-0.25, -0.2) is 19.3 Å². The lowest BCUT2D eigenvalue weighted by Gasteiger charge is -2.06. The van der Waals surface area contributed by atoms with Crippen molar-refractivity contribution in [3.05, 3.63) is 130 Å². The smallest absolute Gasteiger partial charge is 0.422 e. The molecule has 0 atom stereocenters. The summed E-state index contributed by atoms with van der Waals surface area (Å²) in [5.41, 5.74) is 2.22. The maximum Gasteiger partial charge on any atom is 0.422 e. The number of aromatic hydroxyl groups is 1. The first-order valence-electron chi connectivity index (χ1n) is 13.5. The second-order valence-corrected chi connectivity index (χ2v) is 9.54. The summed E-state index contributed by atoms with van der Waals surface area (Å²) in [5.74, 6) is 2.25. The van der Waals surface area contributed by atoms with Crippen LogP contribution in [0.25, 0.3) is 24.3 Å². The minimum atomic E-state index is -0.655. The van der Waals surface area contributed by atoms with E-state index in [-0.39, 0.29) is 24.8 Å². The van der Waals surface area contributed by atoms with Crippen LogP contribution in [0.15, 0.2) is 100 Å². The van der Waals surface area contributed by atoms with Crippen LogP contribution in [-0.2, 0) is 26.0 Å². The molecule has 11 nitrogen and oxygen atoms in total. The lowest BCUT2D eigenvalue weighted by molar-refractivity contribution is 0.301. The van der Waals surface area contributed by atoms with Crippen molar-refractivity contribution in [3.8, 4) is 11.6 Å². The Morgan fingerprint density at radius 1 is 0.791 bits per heavy atom. The van der Waals surface area contributed by atoms with Crippen molar-refractivity contribution >= 4 is 24.3 Å². The summed E-state index contributed by atoms with van der Waals surface area (Å²) in [5, 5.41) is 10.6. The average molecular weight is 582 g/mol. The van der Waals surface area contributed by atoms with E-state index in [0.29, 0.717) is 53.3 Å². The number of oxazole rings is 3. The van der Waals surface area contributed by atoms with Gasteiger partial charge in [0.1, 0.15) is 42.1 Å². The molecule has 0 aliphatic rings. The standard InChI is InChI=1S/C32H27N3O8/c36-31-28(43-32(37)35(31)18-23-19-41-29(33-23)14-12-25-5-2-16-38-25)7-1-4-22-8-10-27(11-9-22)40-20-24-21-42-30(34-24)15-13-26-6-3-17-39-26/h2-3,5-6,8-17,19,21,36H,1,4,7,18,20H2. The summed E-state index contributed by atoms with van der Waals surface area (Å²) in [6, 6.07) is 14.9. The monoisotopic (exact) mass is 581 g/mol. The van der Waals surface area contributed by atoms with Gasteiger partial charge in [-0.2, -0.15) is 0 Å². The van der Waals surface area contributed by atoms with Crippen LogP contribution in [0.5, 0.6) is 11.6 Å². The highest BCUT2D eigenvalue weighted by Crippen LogP contribution is 2.21. The maximum absolute atomic E-state index is 12.4. The highest BCUT2D eigenvalue weighted by Gasteiger charge is 2.17. The molecule has 0 aliphatic heterocycles. The molecule has 0 spiro atoms. The van der Waals surface area contributed by atoms with Crippen LogP contribution in [0.3, 0.4) is 0 Å². The Morgan fingerprint density at radius 2 is 1.44 bits per heavy atom. The van der Waals surface area contributed by atoms with E-state index in [1.165, 1.54) is 6.26 Å². The topological polar surface area (TPSA) is 143 Å².